The van der Waals surface area contributed by atoms with Crippen molar-refractivity contribution in [1.82, 2.24) is 0 Å². The van der Waals surface area contributed by atoms with Gasteiger partial charge in [0.15, 0.2) is 0 Å². The van der Waals surface area contributed by atoms with Crippen molar-refractivity contribution in [3.63, 3.8) is 0 Å². The molecule has 0 amide bonds. The van der Waals surface area contributed by atoms with Gasteiger partial charge in [0.2, 0.25) is 0 Å². The van der Waals surface area contributed by atoms with E-state index < -0.39 is 0 Å². The summed E-state index contributed by atoms with van der Waals surface area (Å²) in [5, 5.41) is 0. The quantitative estimate of drug-likeness (QED) is 0.793. The third-order valence-corrected chi connectivity index (χ3v) is 2.89. The van der Waals surface area contributed by atoms with Gasteiger partial charge in [-0.2, -0.15) is 0 Å². The van der Waals surface area contributed by atoms with Crippen LogP contribution >= 0.6 is 0 Å². The Morgan fingerprint density at radius 3 is 2.00 bits per heavy atom. The number of allylic oxidation sites excluding steroid dienone is 1. The minimum absolute atomic E-state index is 0.0936. The van der Waals surface area contributed by atoms with Gasteiger partial charge in [-0.3, -0.25) is 0 Å². The van der Waals surface area contributed by atoms with Gasteiger partial charge in [-0.05, 0) is 24.0 Å². The molecule has 18 heavy (non-hydrogen) atoms. The molecule has 2 rings (SSSR count). The lowest BCUT2D eigenvalue weighted by molar-refractivity contribution is 0.807. The van der Waals surface area contributed by atoms with Gasteiger partial charge in [-0.25, -0.2) is 0 Å². The monoisotopic (exact) mass is 237 g/mol. The van der Waals surface area contributed by atoms with E-state index in [1.807, 2.05) is 12.1 Å². The van der Waals surface area contributed by atoms with Crippen molar-refractivity contribution < 1.29 is 0 Å². The van der Waals surface area contributed by atoms with Crippen molar-refractivity contribution >= 4 is 0 Å². The van der Waals surface area contributed by atoms with Gasteiger partial charge in [0.05, 0.1) is 0 Å². The van der Waals surface area contributed by atoms with Crippen molar-refractivity contribution in [2.24, 2.45) is 5.73 Å². The predicted molar refractivity (Wildman–Crippen MR) is 77.4 cm³/mol. The molecule has 0 aliphatic heterocycles. The summed E-state index contributed by atoms with van der Waals surface area (Å²) in [5.74, 6) is 0. The van der Waals surface area contributed by atoms with Crippen LogP contribution in [0, 0.1) is 0 Å². The molecule has 0 radical (unpaired) electrons. The molecule has 0 aromatic heterocycles. The fourth-order valence-corrected chi connectivity index (χ4v) is 1.95. The molecule has 0 heterocycles. The van der Waals surface area contributed by atoms with Gasteiger partial charge in [-0.1, -0.05) is 72.8 Å². The number of nitrogens with two attached hydrogens (primary N) is 1. The number of rotatable bonds is 5. The lowest BCUT2D eigenvalue weighted by Crippen LogP contribution is -2.19. The lowest BCUT2D eigenvalue weighted by Gasteiger charge is -2.06. The van der Waals surface area contributed by atoms with Crippen molar-refractivity contribution in [1.29, 1.82) is 0 Å². The molecule has 2 N–H and O–H groups in total. The van der Waals surface area contributed by atoms with Crippen LogP contribution in [0.3, 0.4) is 0 Å². The zero-order valence-electron chi connectivity index (χ0n) is 10.5. The van der Waals surface area contributed by atoms with E-state index in [-0.39, 0.29) is 6.04 Å². The SMILES string of the molecule is N[C@H](/C=C\Cc1ccccc1)Cc1ccccc1. The van der Waals surface area contributed by atoms with E-state index >= 15 is 0 Å². The topological polar surface area (TPSA) is 26.0 Å². The third kappa shape index (κ3) is 4.19. The van der Waals surface area contributed by atoms with Crippen LogP contribution in [0.15, 0.2) is 72.8 Å². The molecule has 1 nitrogen and oxygen atoms in total. The smallest absolute Gasteiger partial charge is 0.0264 e. The highest BCUT2D eigenvalue weighted by Crippen LogP contribution is 2.04. The Hall–Kier alpha value is -1.86. The fraction of sp³-hybridized carbons (Fsp3) is 0.176. The van der Waals surface area contributed by atoms with Crippen molar-refractivity contribution in [3.8, 4) is 0 Å². The molecule has 0 aliphatic carbocycles. The number of benzene rings is 2. The molecule has 0 unspecified atom stereocenters. The van der Waals surface area contributed by atoms with Crippen LogP contribution in [0.5, 0.6) is 0 Å². The Labute approximate surface area is 109 Å². The Balaban J connectivity index is 1.82. The zero-order valence-corrected chi connectivity index (χ0v) is 10.5. The highest BCUT2D eigenvalue weighted by Gasteiger charge is 1.98. The minimum Gasteiger partial charge on any atom is -0.324 e. The molecule has 0 fully saturated rings. The van der Waals surface area contributed by atoms with Gasteiger partial charge in [0, 0.05) is 6.04 Å². The van der Waals surface area contributed by atoms with E-state index in [4.69, 9.17) is 5.73 Å². The second-order valence-corrected chi connectivity index (χ2v) is 4.47. The predicted octanol–water partition coefficient (Wildman–Crippen LogP) is 3.36. The molecular weight excluding hydrogens is 218 g/mol. The summed E-state index contributed by atoms with van der Waals surface area (Å²) in [5.41, 5.74) is 8.69. The van der Waals surface area contributed by atoms with Crippen LogP contribution in [0.25, 0.3) is 0 Å². The summed E-state index contributed by atoms with van der Waals surface area (Å²) in [6.45, 7) is 0. The highest BCUT2D eigenvalue weighted by atomic mass is 14.6. The highest BCUT2D eigenvalue weighted by molar-refractivity contribution is 5.20. The summed E-state index contributed by atoms with van der Waals surface area (Å²) in [4.78, 5) is 0. The van der Waals surface area contributed by atoms with Crippen LogP contribution in [0.1, 0.15) is 11.1 Å². The van der Waals surface area contributed by atoms with Gasteiger partial charge < -0.3 is 5.73 Å². The fourth-order valence-electron chi connectivity index (χ4n) is 1.95. The molecular formula is C17H19N. The Kier molecular flexibility index (Phi) is 4.74. The normalized spacial score (nSPS) is 12.7. The maximum Gasteiger partial charge on any atom is 0.0264 e. The van der Waals surface area contributed by atoms with Crippen LogP contribution in [-0.2, 0) is 12.8 Å². The molecule has 92 valence electrons. The Morgan fingerprint density at radius 2 is 1.39 bits per heavy atom. The molecule has 0 saturated heterocycles. The molecule has 0 aliphatic rings. The van der Waals surface area contributed by atoms with Gasteiger partial charge >= 0.3 is 0 Å². The summed E-state index contributed by atoms with van der Waals surface area (Å²) in [6, 6.07) is 20.9. The zero-order chi connectivity index (χ0) is 12.6. The maximum atomic E-state index is 6.08. The Morgan fingerprint density at radius 1 is 0.833 bits per heavy atom. The molecule has 1 atom stereocenters. The van der Waals surface area contributed by atoms with Crippen LogP contribution in [-0.4, -0.2) is 6.04 Å². The summed E-state index contributed by atoms with van der Waals surface area (Å²) in [7, 11) is 0. The summed E-state index contributed by atoms with van der Waals surface area (Å²) >= 11 is 0. The van der Waals surface area contributed by atoms with Crippen LogP contribution < -0.4 is 5.73 Å². The molecule has 0 saturated carbocycles. The second kappa shape index (κ2) is 6.77. The first-order valence-electron chi connectivity index (χ1n) is 6.34. The minimum atomic E-state index is 0.0936. The van der Waals surface area contributed by atoms with E-state index in [1.165, 1.54) is 11.1 Å². The second-order valence-electron chi connectivity index (χ2n) is 4.47. The van der Waals surface area contributed by atoms with E-state index in [1.54, 1.807) is 0 Å². The van der Waals surface area contributed by atoms with Gasteiger partial charge in [-0.15, -0.1) is 0 Å². The van der Waals surface area contributed by atoms with Crippen molar-refractivity contribution in [3.05, 3.63) is 83.9 Å². The first-order chi connectivity index (χ1) is 8.84. The maximum absolute atomic E-state index is 6.08. The Bertz CT molecular complexity index is 473. The molecule has 1 heteroatoms. The summed E-state index contributed by atoms with van der Waals surface area (Å²) < 4.78 is 0. The van der Waals surface area contributed by atoms with E-state index in [9.17, 15) is 0 Å². The third-order valence-electron chi connectivity index (χ3n) is 2.89. The van der Waals surface area contributed by atoms with Crippen LogP contribution in [0.2, 0.25) is 0 Å². The molecule has 2 aromatic carbocycles. The van der Waals surface area contributed by atoms with E-state index in [0.717, 1.165) is 12.8 Å². The average molecular weight is 237 g/mol. The van der Waals surface area contributed by atoms with Gasteiger partial charge in [0.1, 0.15) is 0 Å². The lowest BCUT2D eigenvalue weighted by atomic mass is 10.1. The number of hydrogen-bond donors (Lipinski definition) is 1. The molecule has 0 spiro atoms. The molecule has 0 bridgehead atoms. The standard InChI is InChI=1S/C17H19N/c18-17(14-16-10-5-2-6-11-16)13-7-12-15-8-3-1-4-9-15/h1-11,13,17H,12,14,18H2/b13-7-/t17-/m1/s1. The first kappa shape index (κ1) is 12.6. The largest absolute Gasteiger partial charge is 0.324 e. The average Bonchev–Trinajstić information content (AvgIpc) is 2.41. The number of hydrogen-bond acceptors (Lipinski definition) is 1. The van der Waals surface area contributed by atoms with Crippen LogP contribution in [0.4, 0.5) is 0 Å². The first-order valence-corrected chi connectivity index (χ1v) is 6.34. The van der Waals surface area contributed by atoms with Gasteiger partial charge in [0.25, 0.3) is 0 Å². The van der Waals surface area contributed by atoms with E-state index in [2.05, 4.69) is 60.7 Å². The summed E-state index contributed by atoms with van der Waals surface area (Å²) in [6.07, 6.45) is 6.10. The van der Waals surface area contributed by atoms with Crippen molar-refractivity contribution in [2.45, 2.75) is 18.9 Å². The molecule has 2 aromatic rings. The van der Waals surface area contributed by atoms with E-state index in [0.29, 0.717) is 0 Å². The van der Waals surface area contributed by atoms with Crippen molar-refractivity contribution in [2.75, 3.05) is 0 Å².